The van der Waals surface area contributed by atoms with Gasteiger partial charge in [0.15, 0.2) is 0 Å². The van der Waals surface area contributed by atoms with Crippen LogP contribution in [-0.2, 0) is 0 Å². The fourth-order valence-corrected chi connectivity index (χ4v) is 2.49. The average molecular weight is 362 g/mol. The molecular weight excluding hydrogens is 342 g/mol. The van der Waals surface area contributed by atoms with Gasteiger partial charge in [0.05, 0.1) is 12.1 Å². The van der Waals surface area contributed by atoms with Crippen molar-refractivity contribution in [3.8, 4) is 5.75 Å². The lowest BCUT2D eigenvalue weighted by molar-refractivity contribution is 0.0946. The van der Waals surface area contributed by atoms with Gasteiger partial charge in [0, 0.05) is 4.47 Å². The van der Waals surface area contributed by atoms with Crippen molar-refractivity contribution in [3.63, 3.8) is 0 Å². The molecule has 116 valence electrons. The van der Waals surface area contributed by atoms with Crippen molar-refractivity contribution in [2.75, 3.05) is 13.2 Å². The van der Waals surface area contributed by atoms with Crippen LogP contribution in [0.25, 0.3) is 0 Å². The zero-order valence-electron chi connectivity index (χ0n) is 12.8. The maximum atomic E-state index is 12.0. The standard InChI is InChI=1S/C18H20BrNO2/c1-13(2)14-7-9-15(10-8-14)22-12-11-20-18(21)16-5-3-4-6-17(16)19/h3-10,13H,11-12H2,1-2H3,(H,20,21). The van der Waals surface area contributed by atoms with Crippen LogP contribution in [-0.4, -0.2) is 19.1 Å². The smallest absolute Gasteiger partial charge is 0.252 e. The lowest BCUT2D eigenvalue weighted by atomic mass is 10.0. The zero-order chi connectivity index (χ0) is 15.9. The number of rotatable bonds is 6. The molecule has 0 spiro atoms. The minimum atomic E-state index is -0.105. The van der Waals surface area contributed by atoms with Crippen LogP contribution in [0.4, 0.5) is 0 Å². The Labute approximate surface area is 139 Å². The Hall–Kier alpha value is -1.81. The first-order chi connectivity index (χ1) is 10.6. The van der Waals surface area contributed by atoms with E-state index in [-0.39, 0.29) is 5.91 Å². The second-order valence-electron chi connectivity index (χ2n) is 5.31. The molecule has 4 heteroatoms. The molecule has 2 aromatic rings. The zero-order valence-corrected chi connectivity index (χ0v) is 14.4. The first-order valence-corrected chi connectivity index (χ1v) is 8.12. The van der Waals surface area contributed by atoms with E-state index in [1.54, 1.807) is 6.07 Å². The van der Waals surface area contributed by atoms with Crippen LogP contribution < -0.4 is 10.1 Å². The Morgan fingerprint density at radius 1 is 1.14 bits per heavy atom. The van der Waals surface area contributed by atoms with Crippen molar-refractivity contribution in [1.29, 1.82) is 0 Å². The maximum absolute atomic E-state index is 12.0. The largest absolute Gasteiger partial charge is 0.492 e. The summed E-state index contributed by atoms with van der Waals surface area (Å²) in [6.07, 6.45) is 0. The molecule has 22 heavy (non-hydrogen) atoms. The van der Waals surface area contributed by atoms with E-state index >= 15 is 0 Å². The fourth-order valence-electron chi connectivity index (χ4n) is 2.02. The molecule has 0 fully saturated rings. The van der Waals surface area contributed by atoms with Crippen LogP contribution in [0, 0.1) is 0 Å². The molecule has 0 aliphatic carbocycles. The van der Waals surface area contributed by atoms with E-state index in [4.69, 9.17) is 4.74 Å². The molecule has 0 saturated heterocycles. The van der Waals surface area contributed by atoms with Gasteiger partial charge >= 0.3 is 0 Å². The van der Waals surface area contributed by atoms with E-state index in [0.29, 0.717) is 24.6 Å². The van der Waals surface area contributed by atoms with Gasteiger partial charge in [-0.05, 0) is 51.7 Å². The number of hydrogen-bond donors (Lipinski definition) is 1. The number of carbonyl (C=O) groups excluding carboxylic acids is 1. The minimum Gasteiger partial charge on any atom is -0.492 e. The van der Waals surface area contributed by atoms with Crippen molar-refractivity contribution in [3.05, 3.63) is 64.1 Å². The van der Waals surface area contributed by atoms with Crippen LogP contribution in [0.15, 0.2) is 53.0 Å². The maximum Gasteiger partial charge on any atom is 0.252 e. The number of benzene rings is 2. The third kappa shape index (κ3) is 4.60. The van der Waals surface area contributed by atoms with Crippen LogP contribution >= 0.6 is 15.9 Å². The van der Waals surface area contributed by atoms with Crippen LogP contribution in [0.3, 0.4) is 0 Å². The molecule has 2 rings (SSSR count). The third-order valence-electron chi connectivity index (χ3n) is 3.32. The molecule has 0 saturated carbocycles. The van der Waals surface area contributed by atoms with Gasteiger partial charge in [-0.15, -0.1) is 0 Å². The Bertz CT molecular complexity index is 623. The third-order valence-corrected chi connectivity index (χ3v) is 4.01. The molecule has 0 bridgehead atoms. The van der Waals surface area contributed by atoms with E-state index in [1.807, 2.05) is 30.3 Å². The highest BCUT2D eigenvalue weighted by molar-refractivity contribution is 9.10. The Kier molecular flexibility index (Phi) is 6.01. The number of ether oxygens (including phenoxy) is 1. The molecule has 0 atom stereocenters. The second-order valence-corrected chi connectivity index (χ2v) is 6.16. The number of nitrogens with one attached hydrogen (secondary N) is 1. The first kappa shape index (κ1) is 16.6. The highest BCUT2D eigenvalue weighted by Crippen LogP contribution is 2.18. The van der Waals surface area contributed by atoms with Gasteiger partial charge in [0.2, 0.25) is 0 Å². The Balaban J connectivity index is 1.77. The predicted molar refractivity (Wildman–Crippen MR) is 92.5 cm³/mol. The summed E-state index contributed by atoms with van der Waals surface area (Å²) in [5.41, 5.74) is 1.92. The Morgan fingerprint density at radius 3 is 2.45 bits per heavy atom. The monoisotopic (exact) mass is 361 g/mol. The second kappa shape index (κ2) is 7.99. The lowest BCUT2D eigenvalue weighted by Crippen LogP contribution is -2.28. The van der Waals surface area contributed by atoms with Gasteiger partial charge < -0.3 is 10.1 Å². The fraction of sp³-hybridized carbons (Fsp3) is 0.278. The van der Waals surface area contributed by atoms with Crippen molar-refractivity contribution >= 4 is 21.8 Å². The summed E-state index contributed by atoms with van der Waals surface area (Å²) in [6, 6.07) is 15.4. The molecule has 0 aliphatic heterocycles. The summed E-state index contributed by atoms with van der Waals surface area (Å²) in [6.45, 7) is 5.23. The van der Waals surface area contributed by atoms with Crippen molar-refractivity contribution in [2.45, 2.75) is 19.8 Å². The number of carbonyl (C=O) groups is 1. The molecule has 0 aromatic heterocycles. The van der Waals surface area contributed by atoms with Gasteiger partial charge in [0.1, 0.15) is 12.4 Å². The molecular formula is C18H20BrNO2. The molecule has 1 amide bonds. The summed E-state index contributed by atoms with van der Waals surface area (Å²) < 4.78 is 6.42. The highest BCUT2D eigenvalue weighted by Gasteiger charge is 2.08. The number of halogens is 1. The van der Waals surface area contributed by atoms with Crippen molar-refractivity contribution in [1.82, 2.24) is 5.32 Å². The highest BCUT2D eigenvalue weighted by atomic mass is 79.9. The predicted octanol–water partition coefficient (Wildman–Crippen LogP) is 4.38. The van der Waals surface area contributed by atoms with Gasteiger partial charge in [-0.25, -0.2) is 0 Å². The van der Waals surface area contributed by atoms with E-state index < -0.39 is 0 Å². The molecule has 2 aromatic carbocycles. The lowest BCUT2D eigenvalue weighted by Gasteiger charge is -2.10. The first-order valence-electron chi connectivity index (χ1n) is 7.33. The summed E-state index contributed by atoms with van der Waals surface area (Å²) >= 11 is 3.37. The summed E-state index contributed by atoms with van der Waals surface area (Å²) in [5.74, 6) is 1.23. The molecule has 1 N–H and O–H groups in total. The minimum absolute atomic E-state index is 0.105. The normalized spacial score (nSPS) is 10.5. The molecule has 0 aliphatic rings. The van der Waals surface area contributed by atoms with E-state index in [0.717, 1.165) is 10.2 Å². The number of amides is 1. The SMILES string of the molecule is CC(C)c1ccc(OCCNC(=O)c2ccccc2Br)cc1. The summed E-state index contributed by atoms with van der Waals surface area (Å²) in [5, 5.41) is 2.85. The number of hydrogen-bond acceptors (Lipinski definition) is 2. The van der Waals surface area contributed by atoms with Crippen LogP contribution in [0.5, 0.6) is 5.75 Å². The van der Waals surface area contributed by atoms with Gasteiger partial charge in [-0.1, -0.05) is 38.1 Å². The van der Waals surface area contributed by atoms with E-state index in [1.165, 1.54) is 5.56 Å². The Morgan fingerprint density at radius 2 is 1.82 bits per heavy atom. The summed E-state index contributed by atoms with van der Waals surface area (Å²) in [7, 11) is 0. The van der Waals surface area contributed by atoms with Crippen LogP contribution in [0.2, 0.25) is 0 Å². The van der Waals surface area contributed by atoms with E-state index in [2.05, 4.69) is 47.2 Å². The summed E-state index contributed by atoms with van der Waals surface area (Å²) in [4.78, 5) is 12.0. The van der Waals surface area contributed by atoms with Crippen molar-refractivity contribution in [2.24, 2.45) is 0 Å². The van der Waals surface area contributed by atoms with E-state index in [9.17, 15) is 4.79 Å². The van der Waals surface area contributed by atoms with Gasteiger partial charge in [-0.2, -0.15) is 0 Å². The van der Waals surface area contributed by atoms with Gasteiger partial charge in [0.25, 0.3) is 5.91 Å². The quantitative estimate of drug-likeness (QED) is 0.775. The van der Waals surface area contributed by atoms with Crippen molar-refractivity contribution < 1.29 is 9.53 Å². The topological polar surface area (TPSA) is 38.3 Å². The van der Waals surface area contributed by atoms with Crippen LogP contribution in [0.1, 0.15) is 35.7 Å². The molecule has 0 radical (unpaired) electrons. The molecule has 0 heterocycles. The van der Waals surface area contributed by atoms with Gasteiger partial charge in [-0.3, -0.25) is 4.79 Å². The molecule has 0 unspecified atom stereocenters. The average Bonchev–Trinajstić information content (AvgIpc) is 2.52. The molecule has 3 nitrogen and oxygen atoms in total.